The molecule has 125 heavy (non-hydrogen) atoms. The van der Waals surface area contributed by atoms with Crippen LogP contribution in [0.1, 0.15) is 124 Å². The van der Waals surface area contributed by atoms with Crippen LogP contribution in [0.25, 0.3) is 4.85 Å². The minimum Gasteiger partial charge on any atom is -0.468 e. The molecule has 25 nitrogen and oxygen atoms in total. The Morgan fingerprint density at radius 2 is 0.752 bits per heavy atom. The molecule has 0 radical (unpaired) electrons. The van der Waals surface area contributed by atoms with E-state index < -0.39 is 23.6 Å². The molecule has 4 saturated heterocycles. The summed E-state index contributed by atoms with van der Waals surface area (Å²) in [5, 5.41) is 12.2. The van der Waals surface area contributed by atoms with Crippen molar-refractivity contribution in [3.05, 3.63) is 338 Å². The van der Waals surface area contributed by atoms with Gasteiger partial charge in [0.25, 0.3) is 0 Å². The SMILES string of the molecule is Cc1cnc(Cl)nc1Oc1cc(Cl)ccc1[C@H]1CC(=O)N(c2cccc(C(N)=O)c2)C1.N#Cc1cccc(Cl)c1Oc1cc(Cl)ccc1[C@H]1CC(=O)N(c2cccc(C(N)=O)c2)C1.NC(=O)c1cccc(N2C[C@@H](c3ccc(Cl)cc3Oc3c(Cl)cncc3Cl)CC2=O)c1.[C-]#[N+]c1ccccc1Oc1cc(Cl)ccc1[C@H]1CC(=O)N(c2cccc(C(N)=O)c2)C1. The lowest BCUT2D eigenvalue weighted by molar-refractivity contribution is -0.118. The van der Waals surface area contributed by atoms with Crippen LogP contribution in [0.5, 0.6) is 46.1 Å². The van der Waals surface area contributed by atoms with Crippen LogP contribution in [0, 0.1) is 24.8 Å². The summed E-state index contributed by atoms with van der Waals surface area (Å²) < 4.78 is 24.2. The van der Waals surface area contributed by atoms with Crippen LogP contribution in [-0.4, -0.2) is 88.4 Å². The van der Waals surface area contributed by atoms with Gasteiger partial charge in [-0.05, 0) is 158 Å². The Hall–Kier alpha value is -13.3. The van der Waals surface area contributed by atoms with Crippen molar-refractivity contribution < 1.29 is 57.3 Å². The second kappa shape index (κ2) is 39.9. The van der Waals surface area contributed by atoms with Crippen LogP contribution in [-0.2, 0) is 19.2 Å². The lowest BCUT2D eigenvalue weighted by atomic mass is 9.97. The minimum absolute atomic E-state index is 0.0610. The number of amides is 8. The average molecular weight is 1830 g/mol. The zero-order valence-electron chi connectivity index (χ0n) is 65.7. The van der Waals surface area contributed by atoms with Gasteiger partial charge in [-0.3, -0.25) is 43.3 Å². The van der Waals surface area contributed by atoms with E-state index in [4.69, 9.17) is 141 Å². The second-order valence-electron chi connectivity index (χ2n) is 28.8. The topological polar surface area (TPSA) is 357 Å². The Morgan fingerprint density at radius 1 is 0.408 bits per heavy atom. The molecule has 8 amide bonds. The molecular weight excluding hydrogens is 1760 g/mol. The van der Waals surface area contributed by atoms with Gasteiger partial charge in [0, 0.05) is 187 Å². The van der Waals surface area contributed by atoms with Crippen molar-refractivity contribution in [2.45, 2.75) is 56.3 Å². The predicted molar refractivity (Wildman–Crippen MR) is 480 cm³/mol. The van der Waals surface area contributed by atoms with Crippen LogP contribution in [0.2, 0.25) is 40.4 Å². The summed E-state index contributed by atoms with van der Waals surface area (Å²) in [7, 11) is 0. The number of rotatable bonds is 20. The highest BCUT2D eigenvalue weighted by atomic mass is 35.5. The summed E-state index contributed by atoms with van der Waals surface area (Å²) in [6.07, 6.45) is 5.50. The van der Waals surface area contributed by atoms with Crippen LogP contribution < -0.4 is 61.5 Å². The second-order valence-corrected chi connectivity index (χ2v) is 32.1. The number of nitrogens with two attached hydrogens (primary N) is 4. The molecule has 0 aliphatic carbocycles. The lowest BCUT2D eigenvalue weighted by Crippen LogP contribution is -2.24. The van der Waals surface area contributed by atoms with E-state index >= 15 is 0 Å². The Labute approximate surface area is 756 Å². The van der Waals surface area contributed by atoms with Gasteiger partial charge in [-0.1, -0.05) is 154 Å². The van der Waals surface area contributed by atoms with Crippen molar-refractivity contribution in [1.82, 2.24) is 15.0 Å². The molecule has 0 bridgehead atoms. The molecule has 4 aliphatic rings. The zero-order valence-corrected chi connectivity index (χ0v) is 71.7. The molecule has 10 aromatic carbocycles. The van der Waals surface area contributed by atoms with Crippen molar-refractivity contribution in [2.75, 3.05) is 45.8 Å². The molecule has 0 spiro atoms. The number of ether oxygens (including phenoxy) is 4. The van der Waals surface area contributed by atoms with E-state index in [0.29, 0.717) is 142 Å². The number of carbonyl (C=O) groups excluding carboxylic acids is 8. The summed E-state index contributed by atoms with van der Waals surface area (Å²) in [6.45, 7) is 10.8. The maximum Gasteiger partial charge on any atom is 0.248 e. The maximum atomic E-state index is 12.8. The van der Waals surface area contributed by atoms with Gasteiger partial charge < -0.3 is 61.5 Å². The minimum atomic E-state index is -0.559. The molecule has 12 aromatic rings. The third-order valence-corrected chi connectivity index (χ3v) is 22.5. The van der Waals surface area contributed by atoms with E-state index in [-0.39, 0.29) is 105 Å². The fourth-order valence-corrected chi connectivity index (χ4v) is 15.9. The smallest absolute Gasteiger partial charge is 0.248 e. The Kier molecular flexibility index (Phi) is 28.6. The third-order valence-electron chi connectivity index (χ3n) is 20.6. The highest BCUT2D eigenvalue weighted by molar-refractivity contribution is 6.37. The fourth-order valence-electron chi connectivity index (χ4n) is 14.5. The third kappa shape index (κ3) is 21.5. The van der Waals surface area contributed by atoms with E-state index in [2.05, 4.69) is 25.9 Å². The summed E-state index contributed by atoms with van der Waals surface area (Å²) in [5.74, 6) is -0.0182. The molecule has 0 saturated carbocycles. The van der Waals surface area contributed by atoms with Crippen molar-refractivity contribution in [3.8, 4) is 52.2 Å². The van der Waals surface area contributed by atoms with Gasteiger partial charge in [-0.2, -0.15) is 10.2 Å². The van der Waals surface area contributed by atoms with Gasteiger partial charge in [-0.25, -0.2) is 9.83 Å². The molecule has 4 atom stereocenters. The highest BCUT2D eigenvalue weighted by Crippen LogP contribution is 2.47. The van der Waals surface area contributed by atoms with Crippen molar-refractivity contribution in [2.24, 2.45) is 22.9 Å². The molecule has 8 N–H and O–H groups in total. The van der Waals surface area contributed by atoms with Crippen molar-refractivity contribution in [1.29, 1.82) is 5.26 Å². The van der Waals surface area contributed by atoms with Gasteiger partial charge in [0.2, 0.25) is 64.1 Å². The first-order chi connectivity index (χ1) is 60.0. The first-order valence-corrected chi connectivity index (χ1v) is 41.1. The Morgan fingerprint density at radius 3 is 1.11 bits per heavy atom. The summed E-state index contributed by atoms with van der Waals surface area (Å²) >= 11 is 49.4. The van der Waals surface area contributed by atoms with Gasteiger partial charge in [-0.15, -0.1) is 0 Å². The molecule has 6 heterocycles. The number of aromatic nitrogens is 3. The lowest BCUT2D eigenvalue weighted by Gasteiger charge is -2.19. The predicted octanol–water partition coefficient (Wildman–Crippen LogP) is 20.5. The molecule has 630 valence electrons. The maximum absolute atomic E-state index is 12.8. The van der Waals surface area contributed by atoms with E-state index in [1.54, 1.807) is 214 Å². The fraction of sp³-hybridized carbons (Fsp3) is 0.141. The normalized spacial score (nSPS) is 15.7. The molecule has 4 fully saturated rings. The van der Waals surface area contributed by atoms with E-state index in [0.717, 1.165) is 22.3 Å². The zero-order chi connectivity index (χ0) is 89.0. The number of primary amides is 4. The molecule has 2 aromatic heterocycles. The Balaban J connectivity index is 0.000000143. The number of hydrogen-bond acceptors (Lipinski definition) is 16. The number of para-hydroxylation sites is 3. The first kappa shape index (κ1) is 89.4. The van der Waals surface area contributed by atoms with Crippen LogP contribution in [0.3, 0.4) is 0 Å². The largest absolute Gasteiger partial charge is 0.468 e. The average Bonchev–Trinajstić information content (AvgIpc) is 1.70. The summed E-state index contributed by atoms with van der Waals surface area (Å²) in [4.78, 5) is 119. The number of pyridine rings is 1. The summed E-state index contributed by atoms with van der Waals surface area (Å²) in [6, 6.07) is 61.7. The monoisotopic (exact) mass is 1830 g/mol. The van der Waals surface area contributed by atoms with E-state index in [1.807, 2.05) is 31.2 Å². The molecule has 4 aliphatic heterocycles. The number of anilines is 4. The quantitative estimate of drug-likeness (QED) is 0.0407. The van der Waals surface area contributed by atoms with Crippen molar-refractivity contribution >= 4 is 169 Å². The molecular formula is C92H69Cl8N13O12. The number of hydrogen-bond donors (Lipinski definition) is 4. The number of nitriles is 1. The van der Waals surface area contributed by atoms with Crippen LogP contribution >= 0.6 is 92.8 Å². The van der Waals surface area contributed by atoms with Gasteiger partial charge in [0.05, 0.1) is 17.2 Å². The number of benzene rings is 10. The number of aryl methyl sites for hydroxylation is 1. The number of nitrogens with zero attached hydrogens (tertiary/aromatic N) is 9. The van der Waals surface area contributed by atoms with Gasteiger partial charge in [0.15, 0.2) is 11.5 Å². The van der Waals surface area contributed by atoms with Crippen molar-refractivity contribution in [3.63, 3.8) is 0 Å². The van der Waals surface area contributed by atoms with Gasteiger partial charge >= 0.3 is 0 Å². The molecule has 0 unspecified atom stereocenters. The molecule has 16 rings (SSSR count). The number of carbonyl (C=O) groups is 8. The summed E-state index contributed by atoms with van der Waals surface area (Å²) in [5.41, 5.74) is 29.9. The highest BCUT2D eigenvalue weighted by Gasteiger charge is 2.39. The number of halogens is 8. The van der Waals surface area contributed by atoms with Crippen LogP contribution in [0.15, 0.2) is 231 Å². The van der Waals surface area contributed by atoms with Crippen LogP contribution in [0.4, 0.5) is 28.4 Å². The van der Waals surface area contributed by atoms with Gasteiger partial charge in [0.1, 0.15) is 44.9 Å². The Bertz CT molecular complexity index is 6350. The first-order valence-electron chi connectivity index (χ1n) is 38.1. The standard InChI is InChI=1S/C24H17Cl2N3O3.C24H18ClN3O3.C22H16Cl3N3O3.C22H18Cl2N4O3/c25-17-7-8-19(21(11-17)32-23-15(12-27)4-2-6-20(23)26)16-10-22(30)29(13-16)18-5-1-3-14(9-18)24(28)31;1-27-20-7-2-3-8-21(20)31-22-13-17(25)9-10-19(22)16-12-23(29)28(14-16)18-6-4-5-15(11-18)24(26)30;23-14-4-5-16(19(8-14)31-21-17(24)9-27-10-18(21)25)13-7-20(29)28(11-13)15-3-1-2-12(6-15)22(26)30;1-12-10-26-22(24)27-21(12)31-18-9-15(23)5-6-17(18)14-8-19(29)28(11-14)16-4-2-3-13(7-16)20(25)30/h1-9,11,16H,10,13H2,(H2,28,31);2-11,13,16H,12,14H2,(H2,26,30);1-6,8-10,13H,7,11H2,(H2,26,30);2-7,9-10,14H,8,11H2,1H3,(H2,25,30)/t2*16-;13-;14-/m0000/s1. The van der Waals surface area contributed by atoms with E-state index in [1.165, 1.54) is 12.4 Å². The molecule has 33 heteroatoms. The van der Waals surface area contributed by atoms with E-state index in [9.17, 15) is 43.6 Å².